The van der Waals surface area contributed by atoms with E-state index >= 15 is 0 Å². The van der Waals surface area contributed by atoms with Gasteiger partial charge in [0.15, 0.2) is 0 Å². The first-order valence-corrected chi connectivity index (χ1v) is 8.63. The maximum absolute atomic E-state index is 10.5. The zero-order valence-electron chi connectivity index (χ0n) is 14.6. The fraction of sp³-hybridized carbons (Fsp3) is 0.190. The third kappa shape index (κ3) is 3.27. The summed E-state index contributed by atoms with van der Waals surface area (Å²) in [6.07, 6.45) is 2.91. The number of rotatable bonds is 6. The first-order chi connectivity index (χ1) is 12.7. The number of pyridine rings is 1. The Hall–Kier alpha value is -2.89. The molecule has 0 spiro atoms. The van der Waals surface area contributed by atoms with Crippen LogP contribution in [-0.2, 0) is 6.54 Å². The Balaban J connectivity index is 1.61. The van der Waals surface area contributed by atoms with Crippen LogP contribution in [-0.4, -0.2) is 33.6 Å². The van der Waals surface area contributed by atoms with E-state index in [1.54, 1.807) is 12.5 Å². The average molecular weight is 347 g/mol. The highest BCUT2D eigenvalue weighted by atomic mass is 16.3. The van der Waals surface area contributed by atoms with Gasteiger partial charge in [-0.1, -0.05) is 30.3 Å². The van der Waals surface area contributed by atoms with Crippen LogP contribution in [0.15, 0.2) is 71.5 Å². The molecule has 0 fully saturated rings. The molecule has 5 nitrogen and oxygen atoms in total. The minimum Gasteiger partial charge on any atom is -0.463 e. The summed E-state index contributed by atoms with van der Waals surface area (Å²) in [6, 6.07) is 17.5. The van der Waals surface area contributed by atoms with E-state index in [-0.39, 0.29) is 0 Å². The molecule has 5 heteroatoms. The van der Waals surface area contributed by atoms with E-state index in [9.17, 15) is 5.11 Å². The Morgan fingerprint density at radius 1 is 1.12 bits per heavy atom. The van der Waals surface area contributed by atoms with Crippen molar-refractivity contribution >= 4 is 11.0 Å². The van der Waals surface area contributed by atoms with E-state index in [4.69, 9.17) is 4.42 Å². The van der Waals surface area contributed by atoms with Gasteiger partial charge in [-0.3, -0.25) is 4.90 Å². The number of likely N-dealkylation sites (N-methyl/N-ethyl adjacent to an activating group) is 1. The molecule has 4 aromatic rings. The monoisotopic (exact) mass is 347 g/mol. The van der Waals surface area contributed by atoms with Crippen LogP contribution in [0.1, 0.15) is 17.2 Å². The van der Waals surface area contributed by atoms with Crippen molar-refractivity contribution in [3.05, 3.63) is 78.2 Å². The fourth-order valence-electron chi connectivity index (χ4n) is 3.28. The standard InChI is InChI=1S/C21H21N3O2/c1-24(14-18(25)15-7-3-2-4-8-15)13-17-16-9-5-11-22-21(16)23-20(17)19-10-6-12-26-19/h2-12,18,25H,13-14H2,1H3,(H,22,23)/t18-/m0/s1. The van der Waals surface area contributed by atoms with Crippen LogP contribution in [0.25, 0.3) is 22.5 Å². The number of aliphatic hydroxyl groups is 1. The van der Waals surface area contributed by atoms with E-state index in [0.717, 1.165) is 33.6 Å². The Bertz CT molecular complexity index is 977. The normalized spacial score (nSPS) is 12.7. The van der Waals surface area contributed by atoms with E-state index in [1.165, 1.54) is 0 Å². The Morgan fingerprint density at radius 2 is 1.96 bits per heavy atom. The molecule has 1 aromatic carbocycles. The van der Waals surface area contributed by atoms with Gasteiger partial charge in [-0.25, -0.2) is 4.98 Å². The number of nitrogens with zero attached hydrogens (tertiary/aromatic N) is 2. The molecule has 3 heterocycles. The molecule has 3 aromatic heterocycles. The molecule has 0 bridgehead atoms. The quantitative estimate of drug-likeness (QED) is 0.553. The smallest absolute Gasteiger partial charge is 0.150 e. The molecule has 0 saturated heterocycles. The van der Waals surface area contributed by atoms with Gasteiger partial charge in [0.2, 0.25) is 0 Å². The Morgan fingerprint density at radius 3 is 2.73 bits per heavy atom. The van der Waals surface area contributed by atoms with Crippen molar-refractivity contribution in [3.8, 4) is 11.5 Å². The number of furan rings is 1. The fourth-order valence-corrected chi connectivity index (χ4v) is 3.28. The topological polar surface area (TPSA) is 65.3 Å². The number of aromatic amines is 1. The van der Waals surface area contributed by atoms with Crippen LogP contribution in [0.3, 0.4) is 0 Å². The molecule has 26 heavy (non-hydrogen) atoms. The summed E-state index contributed by atoms with van der Waals surface area (Å²) in [5.74, 6) is 0.787. The van der Waals surface area contributed by atoms with Crippen LogP contribution >= 0.6 is 0 Å². The third-order valence-corrected chi connectivity index (χ3v) is 4.54. The highest BCUT2D eigenvalue weighted by Crippen LogP contribution is 2.31. The molecular formula is C21H21N3O2. The molecule has 0 aliphatic rings. The molecule has 4 rings (SSSR count). The van der Waals surface area contributed by atoms with Gasteiger partial charge in [-0.15, -0.1) is 0 Å². The van der Waals surface area contributed by atoms with Gasteiger partial charge in [-0.05, 0) is 36.9 Å². The number of aliphatic hydroxyl groups excluding tert-OH is 1. The van der Waals surface area contributed by atoms with Gasteiger partial charge in [0, 0.05) is 30.2 Å². The molecule has 0 radical (unpaired) electrons. The van der Waals surface area contributed by atoms with Crippen LogP contribution in [0.5, 0.6) is 0 Å². The van der Waals surface area contributed by atoms with Crippen molar-refractivity contribution in [1.29, 1.82) is 0 Å². The van der Waals surface area contributed by atoms with Crippen LogP contribution in [0.4, 0.5) is 0 Å². The van der Waals surface area contributed by atoms with Gasteiger partial charge in [0.25, 0.3) is 0 Å². The Labute approximate surface area is 151 Å². The van der Waals surface area contributed by atoms with Gasteiger partial charge >= 0.3 is 0 Å². The molecule has 0 aliphatic heterocycles. The van der Waals surface area contributed by atoms with E-state index in [2.05, 4.69) is 20.9 Å². The number of aromatic nitrogens is 2. The summed E-state index contributed by atoms with van der Waals surface area (Å²) in [7, 11) is 2.01. The molecule has 0 amide bonds. The van der Waals surface area contributed by atoms with Gasteiger partial charge in [0.05, 0.1) is 18.1 Å². The summed E-state index contributed by atoms with van der Waals surface area (Å²) >= 11 is 0. The number of fused-ring (bicyclic) bond motifs is 1. The lowest BCUT2D eigenvalue weighted by Crippen LogP contribution is -2.24. The molecule has 132 valence electrons. The zero-order chi connectivity index (χ0) is 17.9. The van der Waals surface area contributed by atoms with Crippen LogP contribution in [0, 0.1) is 0 Å². The summed E-state index contributed by atoms with van der Waals surface area (Å²) in [4.78, 5) is 9.90. The predicted molar refractivity (Wildman–Crippen MR) is 102 cm³/mol. The number of hydrogen-bond donors (Lipinski definition) is 2. The van der Waals surface area contributed by atoms with E-state index < -0.39 is 6.10 Å². The van der Waals surface area contributed by atoms with E-state index in [1.807, 2.05) is 55.6 Å². The molecular weight excluding hydrogens is 326 g/mol. The van der Waals surface area contributed by atoms with Crippen molar-refractivity contribution < 1.29 is 9.52 Å². The summed E-state index contributed by atoms with van der Waals surface area (Å²) in [5.41, 5.74) is 3.81. The second kappa shape index (κ2) is 7.15. The van der Waals surface area contributed by atoms with Crippen LogP contribution < -0.4 is 0 Å². The van der Waals surface area contributed by atoms with Crippen molar-refractivity contribution in [2.24, 2.45) is 0 Å². The largest absolute Gasteiger partial charge is 0.463 e. The molecule has 0 unspecified atom stereocenters. The SMILES string of the molecule is CN(Cc1c(-c2ccco2)[nH]c2ncccc12)C[C@H](O)c1ccccc1. The summed E-state index contributed by atoms with van der Waals surface area (Å²) < 4.78 is 5.59. The molecule has 0 saturated carbocycles. The lowest BCUT2D eigenvalue weighted by Gasteiger charge is -2.21. The van der Waals surface area contributed by atoms with E-state index in [0.29, 0.717) is 13.1 Å². The number of H-pyrrole nitrogens is 1. The zero-order valence-corrected chi connectivity index (χ0v) is 14.6. The maximum atomic E-state index is 10.5. The highest BCUT2D eigenvalue weighted by molar-refractivity contribution is 5.87. The van der Waals surface area contributed by atoms with Crippen molar-refractivity contribution in [1.82, 2.24) is 14.9 Å². The first-order valence-electron chi connectivity index (χ1n) is 8.63. The number of hydrogen-bond acceptors (Lipinski definition) is 4. The lowest BCUT2D eigenvalue weighted by molar-refractivity contribution is 0.124. The minimum absolute atomic E-state index is 0.531. The molecule has 0 aliphatic carbocycles. The third-order valence-electron chi connectivity index (χ3n) is 4.54. The van der Waals surface area contributed by atoms with Gasteiger partial charge < -0.3 is 14.5 Å². The second-order valence-electron chi connectivity index (χ2n) is 6.48. The summed E-state index contributed by atoms with van der Waals surface area (Å²) in [6.45, 7) is 1.21. The minimum atomic E-state index is -0.531. The lowest BCUT2D eigenvalue weighted by atomic mass is 10.1. The van der Waals surface area contributed by atoms with Crippen LogP contribution in [0.2, 0.25) is 0 Å². The molecule has 2 N–H and O–H groups in total. The Kier molecular flexibility index (Phi) is 4.56. The number of nitrogens with one attached hydrogen (secondary N) is 1. The van der Waals surface area contributed by atoms with Gasteiger partial charge in [0.1, 0.15) is 11.4 Å². The summed E-state index contributed by atoms with van der Waals surface area (Å²) in [5, 5.41) is 11.6. The van der Waals surface area contributed by atoms with Crippen molar-refractivity contribution in [2.45, 2.75) is 12.6 Å². The maximum Gasteiger partial charge on any atom is 0.150 e. The average Bonchev–Trinajstić information content (AvgIpc) is 3.31. The highest BCUT2D eigenvalue weighted by Gasteiger charge is 2.18. The first kappa shape index (κ1) is 16.6. The van der Waals surface area contributed by atoms with Crippen molar-refractivity contribution in [3.63, 3.8) is 0 Å². The number of benzene rings is 1. The van der Waals surface area contributed by atoms with Crippen molar-refractivity contribution in [2.75, 3.05) is 13.6 Å². The molecule has 1 atom stereocenters. The van der Waals surface area contributed by atoms with Gasteiger partial charge in [-0.2, -0.15) is 0 Å². The predicted octanol–water partition coefficient (Wildman–Crippen LogP) is 3.99. The second-order valence-corrected chi connectivity index (χ2v) is 6.48.